The van der Waals surface area contributed by atoms with Crippen molar-refractivity contribution in [1.29, 1.82) is 0 Å². The summed E-state index contributed by atoms with van der Waals surface area (Å²) in [6, 6.07) is 0. The van der Waals surface area contributed by atoms with Crippen molar-refractivity contribution in [1.82, 2.24) is 0 Å². The summed E-state index contributed by atoms with van der Waals surface area (Å²) < 4.78 is 0. The molecule has 0 saturated heterocycles. The van der Waals surface area contributed by atoms with Crippen molar-refractivity contribution in [2.75, 3.05) is 0 Å². The highest BCUT2D eigenvalue weighted by Gasteiger charge is 2.58. The smallest absolute Gasteiger partial charge is 0.00545 e. The molecule has 28 heavy (non-hydrogen) atoms. The molecule has 0 spiro atoms. The normalized spacial score (nSPS) is 46.5. The Morgan fingerprint density at radius 1 is 1.00 bits per heavy atom. The van der Waals surface area contributed by atoms with Crippen molar-refractivity contribution in [3.8, 4) is 0 Å². The summed E-state index contributed by atoms with van der Waals surface area (Å²) in [6.45, 7) is 12.7. The van der Waals surface area contributed by atoms with E-state index in [-0.39, 0.29) is 0 Å². The van der Waals surface area contributed by atoms with Crippen LogP contribution in [-0.2, 0) is 0 Å². The van der Waals surface area contributed by atoms with E-state index >= 15 is 0 Å². The van der Waals surface area contributed by atoms with Crippen LogP contribution in [0.5, 0.6) is 0 Å². The Morgan fingerprint density at radius 3 is 2.54 bits per heavy atom. The van der Waals surface area contributed by atoms with Gasteiger partial charge in [-0.2, -0.15) is 12.6 Å². The first-order valence-electron chi connectivity index (χ1n) is 12.6. The SMILES string of the molecule is CC(C)CCCC(C)C1CCC2C3CC=C4CC(S)CCC4(C)C3CCC12C. The molecular formula is C27H46S. The molecule has 4 aliphatic rings. The number of rotatable bonds is 5. The summed E-state index contributed by atoms with van der Waals surface area (Å²) in [4.78, 5) is 0. The van der Waals surface area contributed by atoms with E-state index in [2.05, 4.69) is 40.7 Å². The lowest BCUT2D eigenvalue weighted by molar-refractivity contribution is -0.0497. The van der Waals surface area contributed by atoms with Gasteiger partial charge in [0.2, 0.25) is 0 Å². The average molecular weight is 403 g/mol. The Kier molecular flexibility index (Phi) is 6.07. The van der Waals surface area contributed by atoms with Crippen molar-refractivity contribution < 1.29 is 0 Å². The summed E-state index contributed by atoms with van der Waals surface area (Å²) in [6.07, 6.45) is 18.4. The maximum atomic E-state index is 4.84. The van der Waals surface area contributed by atoms with E-state index in [0.29, 0.717) is 16.1 Å². The van der Waals surface area contributed by atoms with E-state index in [4.69, 9.17) is 12.6 Å². The van der Waals surface area contributed by atoms with Crippen LogP contribution in [0, 0.1) is 46.3 Å². The molecule has 4 aliphatic carbocycles. The highest BCUT2D eigenvalue weighted by molar-refractivity contribution is 7.80. The second kappa shape index (κ2) is 7.97. The minimum atomic E-state index is 0.504. The van der Waals surface area contributed by atoms with Gasteiger partial charge in [0.25, 0.3) is 0 Å². The molecule has 0 amide bonds. The van der Waals surface area contributed by atoms with Gasteiger partial charge >= 0.3 is 0 Å². The minimum Gasteiger partial charge on any atom is -0.176 e. The van der Waals surface area contributed by atoms with Crippen LogP contribution in [0.1, 0.15) is 105 Å². The highest BCUT2D eigenvalue weighted by Crippen LogP contribution is 2.67. The molecule has 0 aliphatic heterocycles. The summed E-state index contributed by atoms with van der Waals surface area (Å²) in [5.41, 5.74) is 2.92. The first-order chi connectivity index (χ1) is 13.3. The lowest BCUT2D eigenvalue weighted by Gasteiger charge is -2.58. The van der Waals surface area contributed by atoms with E-state index in [1.807, 2.05) is 0 Å². The van der Waals surface area contributed by atoms with Gasteiger partial charge in [0, 0.05) is 5.25 Å². The van der Waals surface area contributed by atoms with Gasteiger partial charge in [0.15, 0.2) is 0 Å². The largest absolute Gasteiger partial charge is 0.176 e. The molecule has 160 valence electrons. The lowest BCUT2D eigenvalue weighted by Crippen LogP contribution is -2.50. The molecule has 0 aromatic carbocycles. The Bertz CT molecular complexity index is 591. The zero-order valence-electron chi connectivity index (χ0n) is 19.3. The van der Waals surface area contributed by atoms with Crippen LogP contribution in [-0.4, -0.2) is 5.25 Å². The maximum Gasteiger partial charge on any atom is 0.00545 e. The van der Waals surface area contributed by atoms with E-state index in [9.17, 15) is 0 Å². The molecule has 0 N–H and O–H groups in total. The average Bonchev–Trinajstić information content (AvgIpc) is 2.99. The monoisotopic (exact) mass is 402 g/mol. The van der Waals surface area contributed by atoms with Gasteiger partial charge in [-0.05, 0) is 97.7 Å². The Labute approximate surface area is 181 Å². The van der Waals surface area contributed by atoms with Gasteiger partial charge < -0.3 is 0 Å². The van der Waals surface area contributed by atoms with Gasteiger partial charge in [0.05, 0.1) is 0 Å². The number of hydrogen-bond donors (Lipinski definition) is 1. The number of allylic oxidation sites excluding steroid dienone is 2. The van der Waals surface area contributed by atoms with Crippen molar-refractivity contribution in [3.63, 3.8) is 0 Å². The van der Waals surface area contributed by atoms with Crippen molar-refractivity contribution in [2.45, 2.75) is 110 Å². The van der Waals surface area contributed by atoms with E-state index in [0.717, 1.165) is 35.5 Å². The van der Waals surface area contributed by atoms with Gasteiger partial charge in [0.1, 0.15) is 0 Å². The van der Waals surface area contributed by atoms with Crippen LogP contribution in [0.2, 0.25) is 0 Å². The Morgan fingerprint density at radius 2 is 1.79 bits per heavy atom. The predicted molar refractivity (Wildman–Crippen MR) is 126 cm³/mol. The van der Waals surface area contributed by atoms with Gasteiger partial charge in [-0.1, -0.05) is 65.5 Å². The topological polar surface area (TPSA) is 0 Å². The molecule has 4 rings (SSSR count). The van der Waals surface area contributed by atoms with Crippen molar-refractivity contribution in [2.24, 2.45) is 46.3 Å². The molecule has 0 heterocycles. The zero-order valence-corrected chi connectivity index (χ0v) is 20.2. The van der Waals surface area contributed by atoms with Crippen molar-refractivity contribution in [3.05, 3.63) is 11.6 Å². The van der Waals surface area contributed by atoms with Crippen LogP contribution < -0.4 is 0 Å². The fourth-order valence-corrected chi connectivity index (χ4v) is 8.99. The molecule has 0 aromatic heterocycles. The quantitative estimate of drug-likeness (QED) is 0.347. The fraction of sp³-hybridized carbons (Fsp3) is 0.926. The number of hydrogen-bond acceptors (Lipinski definition) is 1. The van der Waals surface area contributed by atoms with E-state index < -0.39 is 0 Å². The molecule has 0 nitrogen and oxygen atoms in total. The molecule has 0 radical (unpaired) electrons. The van der Waals surface area contributed by atoms with Crippen LogP contribution in [0.3, 0.4) is 0 Å². The van der Waals surface area contributed by atoms with Crippen LogP contribution in [0.25, 0.3) is 0 Å². The molecule has 3 saturated carbocycles. The Balaban J connectivity index is 1.49. The summed E-state index contributed by atoms with van der Waals surface area (Å²) in [7, 11) is 0. The Hall–Kier alpha value is 0.0900. The number of thiol groups is 1. The fourth-order valence-electron chi connectivity index (χ4n) is 8.67. The molecule has 0 bridgehead atoms. The summed E-state index contributed by atoms with van der Waals surface area (Å²) in [5.74, 6) is 5.70. The third-order valence-electron chi connectivity index (χ3n) is 10.3. The first-order valence-corrected chi connectivity index (χ1v) is 13.1. The number of fused-ring (bicyclic) bond motifs is 5. The molecule has 8 unspecified atom stereocenters. The van der Waals surface area contributed by atoms with Gasteiger partial charge in [-0.25, -0.2) is 0 Å². The first kappa shape index (κ1) is 21.3. The van der Waals surface area contributed by atoms with Crippen LogP contribution in [0.15, 0.2) is 11.6 Å². The third-order valence-corrected chi connectivity index (χ3v) is 10.7. The van der Waals surface area contributed by atoms with Crippen molar-refractivity contribution >= 4 is 12.6 Å². The molecule has 8 atom stereocenters. The van der Waals surface area contributed by atoms with E-state index in [1.165, 1.54) is 70.6 Å². The maximum absolute atomic E-state index is 4.84. The third kappa shape index (κ3) is 3.54. The lowest BCUT2D eigenvalue weighted by atomic mass is 9.47. The summed E-state index contributed by atoms with van der Waals surface area (Å²) in [5, 5.41) is 0.618. The van der Waals surface area contributed by atoms with Gasteiger partial charge in [-0.3, -0.25) is 0 Å². The van der Waals surface area contributed by atoms with Crippen LogP contribution in [0.4, 0.5) is 0 Å². The molecular weight excluding hydrogens is 356 g/mol. The minimum absolute atomic E-state index is 0.504. The molecule has 0 aromatic rings. The van der Waals surface area contributed by atoms with Gasteiger partial charge in [-0.15, -0.1) is 0 Å². The second-order valence-corrected chi connectivity index (χ2v) is 12.9. The summed E-state index contributed by atoms with van der Waals surface area (Å²) >= 11 is 4.84. The standard InChI is InChI=1S/C27H46S/c1-18(2)7-6-8-19(3)23-11-12-24-22-10-9-20-17-21(28)13-15-26(20,4)25(22)14-16-27(23,24)5/h9,18-19,21-25,28H,6-8,10-17H2,1-5H3. The predicted octanol–water partition coefficient (Wildman–Crippen LogP) is 8.33. The van der Waals surface area contributed by atoms with Crippen LogP contribution >= 0.6 is 12.6 Å². The highest BCUT2D eigenvalue weighted by atomic mass is 32.1. The second-order valence-electron chi connectivity index (χ2n) is 12.2. The zero-order chi connectivity index (χ0) is 20.1. The molecule has 1 heteroatoms. The van der Waals surface area contributed by atoms with E-state index in [1.54, 1.807) is 5.57 Å². The molecule has 3 fully saturated rings.